The molecule has 1 unspecified atom stereocenters. The summed E-state index contributed by atoms with van der Waals surface area (Å²) in [6.45, 7) is 1.24. The standard InChI is InChI=1S/C15H19N3O4S/c19-23(20)8-2-6-18(12(10-23)11-4-5-11)9-14-16-17-15(22-14)13-3-1-7-21-13/h1,3,7,11-12H,2,4-6,8-10H2. The summed E-state index contributed by atoms with van der Waals surface area (Å²) < 4.78 is 35.1. The molecule has 2 aromatic heterocycles. The maximum Gasteiger partial charge on any atom is 0.283 e. The number of aromatic nitrogens is 2. The number of nitrogens with zero attached hydrogens (tertiary/aromatic N) is 3. The fraction of sp³-hybridized carbons (Fsp3) is 0.600. The molecule has 0 bridgehead atoms. The van der Waals surface area contributed by atoms with E-state index in [0.717, 1.165) is 19.4 Å². The lowest BCUT2D eigenvalue weighted by Gasteiger charge is -2.27. The zero-order valence-corrected chi connectivity index (χ0v) is 13.5. The molecular weight excluding hydrogens is 318 g/mol. The molecule has 0 amide bonds. The molecule has 0 aromatic carbocycles. The highest BCUT2D eigenvalue weighted by Crippen LogP contribution is 2.37. The molecule has 2 aliphatic rings. The fourth-order valence-electron chi connectivity index (χ4n) is 3.20. The van der Waals surface area contributed by atoms with Crippen LogP contribution in [0.15, 0.2) is 27.2 Å². The molecule has 1 saturated carbocycles. The molecule has 3 heterocycles. The summed E-state index contributed by atoms with van der Waals surface area (Å²) in [6, 6.07) is 3.60. The van der Waals surface area contributed by atoms with E-state index in [0.29, 0.717) is 36.4 Å². The molecule has 4 rings (SSSR count). The van der Waals surface area contributed by atoms with Gasteiger partial charge in [0.1, 0.15) is 0 Å². The second kappa shape index (κ2) is 5.76. The van der Waals surface area contributed by atoms with Crippen LogP contribution in [0.5, 0.6) is 0 Å². The number of sulfone groups is 1. The van der Waals surface area contributed by atoms with E-state index in [9.17, 15) is 8.42 Å². The zero-order valence-electron chi connectivity index (χ0n) is 12.7. The summed E-state index contributed by atoms with van der Waals surface area (Å²) in [7, 11) is -2.95. The van der Waals surface area contributed by atoms with Crippen LogP contribution >= 0.6 is 0 Å². The Hall–Kier alpha value is -1.67. The van der Waals surface area contributed by atoms with Crippen molar-refractivity contribution in [1.82, 2.24) is 15.1 Å². The van der Waals surface area contributed by atoms with E-state index in [2.05, 4.69) is 15.1 Å². The van der Waals surface area contributed by atoms with Crippen molar-refractivity contribution in [2.45, 2.75) is 31.8 Å². The SMILES string of the molecule is O=S1(=O)CCCN(Cc2nnc(-c3ccco3)o2)C(C2CC2)C1. The lowest BCUT2D eigenvalue weighted by molar-refractivity contribution is 0.171. The van der Waals surface area contributed by atoms with Crippen molar-refractivity contribution < 1.29 is 17.3 Å². The minimum atomic E-state index is -2.95. The van der Waals surface area contributed by atoms with Crippen LogP contribution in [0, 0.1) is 5.92 Å². The molecule has 0 spiro atoms. The molecule has 8 heteroatoms. The van der Waals surface area contributed by atoms with Crippen molar-refractivity contribution in [3.05, 3.63) is 24.3 Å². The van der Waals surface area contributed by atoms with Crippen LogP contribution in [0.4, 0.5) is 0 Å². The Bertz CT molecular complexity index is 765. The Balaban J connectivity index is 1.52. The van der Waals surface area contributed by atoms with Crippen molar-refractivity contribution in [3.8, 4) is 11.7 Å². The molecule has 2 fully saturated rings. The average Bonchev–Trinajstić information content (AvgIpc) is 3.04. The minimum absolute atomic E-state index is 0.0708. The number of furan rings is 1. The first-order valence-electron chi connectivity index (χ1n) is 7.91. The maximum absolute atomic E-state index is 12.1. The van der Waals surface area contributed by atoms with Gasteiger partial charge in [0.15, 0.2) is 15.6 Å². The van der Waals surface area contributed by atoms with Crippen LogP contribution in [-0.4, -0.2) is 47.6 Å². The third kappa shape index (κ3) is 3.32. The quantitative estimate of drug-likeness (QED) is 0.839. The van der Waals surface area contributed by atoms with Gasteiger partial charge in [-0.25, -0.2) is 8.42 Å². The van der Waals surface area contributed by atoms with E-state index < -0.39 is 9.84 Å². The van der Waals surface area contributed by atoms with Crippen LogP contribution in [0.25, 0.3) is 11.7 Å². The molecule has 23 heavy (non-hydrogen) atoms. The molecule has 1 saturated heterocycles. The van der Waals surface area contributed by atoms with Crippen LogP contribution in [0.2, 0.25) is 0 Å². The van der Waals surface area contributed by atoms with Gasteiger partial charge in [0.2, 0.25) is 5.89 Å². The number of rotatable bonds is 4. The summed E-state index contributed by atoms with van der Waals surface area (Å²) >= 11 is 0. The van der Waals surface area contributed by atoms with Crippen LogP contribution < -0.4 is 0 Å². The van der Waals surface area contributed by atoms with Gasteiger partial charge >= 0.3 is 0 Å². The van der Waals surface area contributed by atoms with Crippen molar-refractivity contribution in [1.29, 1.82) is 0 Å². The van der Waals surface area contributed by atoms with Gasteiger partial charge in [-0.2, -0.15) is 0 Å². The Labute approximate surface area is 134 Å². The van der Waals surface area contributed by atoms with E-state index in [4.69, 9.17) is 8.83 Å². The Morgan fingerprint density at radius 1 is 1.30 bits per heavy atom. The summed E-state index contributed by atoms with van der Waals surface area (Å²) in [4.78, 5) is 2.20. The second-order valence-electron chi connectivity index (χ2n) is 6.32. The molecule has 124 valence electrons. The van der Waals surface area contributed by atoms with Gasteiger partial charge in [-0.05, 0) is 43.9 Å². The predicted molar refractivity (Wildman–Crippen MR) is 82.2 cm³/mol. The summed E-state index contributed by atoms with van der Waals surface area (Å²) in [5.41, 5.74) is 0. The third-order valence-electron chi connectivity index (χ3n) is 4.50. The molecule has 0 N–H and O–H groups in total. The van der Waals surface area contributed by atoms with Crippen molar-refractivity contribution in [2.24, 2.45) is 5.92 Å². The Morgan fingerprint density at radius 2 is 2.17 bits per heavy atom. The highest BCUT2D eigenvalue weighted by atomic mass is 32.2. The van der Waals surface area contributed by atoms with E-state index >= 15 is 0 Å². The van der Waals surface area contributed by atoms with E-state index in [1.54, 1.807) is 18.4 Å². The van der Waals surface area contributed by atoms with E-state index in [1.165, 1.54) is 0 Å². The molecule has 0 radical (unpaired) electrons. The monoisotopic (exact) mass is 337 g/mol. The highest BCUT2D eigenvalue weighted by Gasteiger charge is 2.40. The lowest BCUT2D eigenvalue weighted by Crippen LogP contribution is -2.39. The first-order valence-corrected chi connectivity index (χ1v) is 9.73. The van der Waals surface area contributed by atoms with Crippen LogP contribution in [0.1, 0.15) is 25.2 Å². The maximum atomic E-state index is 12.1. The van der Waals surface area contributed by atoms with Gasteiger partial charge in [0.25, 0.3) is 5.89 Å². The third-order valence-corrected chi connectivity index (χ3v) is 6.26. The van der Waals surface area contributed by atoms with Crippen molar-refractivity contribution in [2.75, 3.05) is 18.1 Å². The summed E-state index contributed by atoms with van der Waals surface area (Å²) in [6.07, 6.45) is 4.43. The molecule has 1 aliphatic carbocycles. The molecule has 7 nitrogen and oxygen atoms in total. The fourth-order valence-corrected chi connectivity index (χ4v) is 4.94. The topological polar surface area (TPSA) is 89.4 Å². The van der Waals surface area contributed by atoms with Gasteiger partial charge in [-0.1, -0.05) is 0 Å². The smallest absolute Gasteiger partial charge is 0.283 e. The van der Waals surface area contributed by atoms with Gasteiger partial charge in [0.05, 0.1) is 24.3 Å². The van der Waals surface area contributed by atoms with Crippen LogP contribution in [0.3, 0.4) is 0 Å². The lowest BCUT2D eigenvalue weighted by atomic mass is 10.1. The Morgan fingerprint density at radius 3 is 2.91 bits per heavy atom. The molecule has 1 aliphatic heterocycles. The van der Waals surface area contributed by atoms with Gasteiger partial charge in [-0.15, -0.1) is 10.2 Å². The summed E-state index contributed by atoms with van der Waals surface area (Å²) in [5.74, 6) is 2.40. The van der Waals surface area contributed by atoms with Gasteiger partial charge in [0, 0.05) is 6.04 Å². The predicted octanol–water partition coefficient (Wildman–Crippen LogP) is 1.73. The molecule has 2 aromatic rings. The zero-order chi connectivity index (χ0) is 15.9. The normalized spacial score (nSPS) is 25.3. The van der Waals surface area contributed by atoms with Gasteiger partial charge in [-0.3, -0.25) is 4.90 Å². The average molecular weight is 337 g/mol. The largest absolute Gasteiger partial charge is 0.459 e. The minimum Gasteiger partial charge on any atom is -0.459 e. The van der Waals surface area contributed by atoms with Crippen molar-refractivity contribution in [3.63, 3.8) is 0 Å². The van der Waals surface area contributed by atoms with E-state index in [1.807, 2.05) is 0 Å². The second-order valence-corrected chi connectivity index (χ2v) is 8.55. The summed E-state index contributed by atoms with van der Waals surface area (Å²) in [5, 5.41) is 8.09. The molecular formula is C15H19N3O4S. The number of hydrogen-bond donors (Lipinski definition) is 0. The molecule has 1 atom stereocenters. The van der Waals surface area contributed by atoms with Crippen molar-refractivity contribution >= 4 is 9.84 Å². The first kappa shape index (κ1) is 14.9. The van der Waals surface area contributed by atoms with Gasteiger partial charge < -0.3 is 8.83 Å². The highest BCUT2D eigenvalue weighted by molar-refractivity contribution is 7.91. The van der Waals surface area contributed by atoms with Crippen LogP contribution in [-0.2, 0) is 16.4 Å². The van der Waals surface area contributed by atoms with E-state index in [-0.39, 0.29) is 17.5 Å². The Kier molecular flexibility index (Phi) is 3.73. The number of hydrogen-bond acceptors (Lipinski definition) is 7. The first-order chi connectivity index (χ1) is 11.1.